The van der Waals surface area contributed by atoms with Gasteiger partial charge in [-0.1, -0.05) is 24.3 Å². The minimum Gasteiger partial charge on any atom is -0.390 e. The average molecular weight is 256 g/mol. The summed E-state index contributed by atoms with van der Waals surface area (Å²) in [5.74, 6) is 1.05. The maximum absolute atomic E-state index is 10.8. The summed E-state index contributed by atoms with van der Waals surface area (Å²) in [7, 11) is 2.00. The molecule has 1 heterocycles. The van der Waals surface area contributed by atoms with Crippen molar-refractivity contribution in [1.82, 2.24) is 9.55 Å². The summed E-state index contributed by atoms with van der Waals surface area (Å²) in [5.41, 5.74) is 2.13. The summed E-state index contributed by atoms with van der Waals surface area (Å²) in [5, 5.41) is 10.8. The Balaban J connectivity index is 1.70. The molecule has 3 rings (SSSR count). The van der Waals surface area contributed by atoms with E-state index in [0.29, 0.717) is 0 Å². The molecule has 0 saturated heterocycles. The summed E-state index contributed by atoms with van der Waals surface area (Å²) in [6, 6.07) is 8.45. The summed E-state index contributed by atoms with van der Waals surface area (Å²) < 4.78 is 2.03. The van der Waals surface area contributed by atoms with Crippen LogP contribution in [-0.2, 0) is 26.3 Å². The molecular formula is C16H20N2O. The fraction of sp³-hybridized carbons (Fsp3) is 0.438. The number of hydrogen-bond acceptors (Lipinski definition) is 2. The van der Waals surface area contributed by atoms with Crippen LogP contribution in [0, 0.1) is 0 Å². The highest BCUT2D eigenvalue weighted by atomic mass is 16.3. The number of aryl methyl sites for hydroxylation is 3. The van der Waals surface area contributed by atoms with Gasteiger partial charge in [0.2, 0.25) is 0 Å². The molecular weight excluding hydrogens is 236 g/mol. The normalized spacial score (nSPS) is 22.2. The first-order chi connectivity index (χ1) is 9.16. The second-order valence-corrected chi connectivity index (χ2v) is 5.62. The van der Waals surface area contributed by atoms with Crippen LogP contribution in [0.3, 0.4) is 0 Å². The first-order valence-corrected chi connectivity index (χ1v) is 6.92. The Labute approximate surface area is 113 Å². The highest BCUT2D eigenvalue weighted by molar-refractivity contribution is 5.31. The zero-order valence-corrected chi connectivity index (χ0v) is 11.3. The third-order valence-electron chi connectivity index (χ3n) is 4.23. The second-order valence-electron chi connectivity index (χ2n) is 5.62. The lowest BCUT2D eigenvalue weighted by Gasteiger charge is -2.33. The molecule has 0 spiro atoms. The highest BCUT2D eigenvalue weighted by Gasteiger charge is 2.31. The molecule has 0 bridgehead atoms. The molecule has 1 unspecified atom stereocenters. The first-order valence-electron chi connectivity index (χ1n) is 6.92. The number of aliphatic hydroxyl groups is 1. The molecule has 0 aliphatic heterocycles. The quantitative estimate of drug-likeness (QED) is 0.915. The minimum atomic E-state index is -0.569. The third kappa shape index (κ3) is 2.56. The Hall–Kier alpha value is -1.61. The van der Waals surface area contributed by atoms with Gasteiger partial charge in [0.1, 0.15) is 5.82 Å². The third-order valence-corrected chi connectivity index (χ3v) is 4.23. The van der Waals surface area contributed by atoms with E-state index >= 15 is 0 Å². The molecule has 1 N–H and O–H groups in total. The van der Waals surface area contributed by atoms with Gasteiger partial charge in [-0.2, -0.15) is 0 Å². The van der Waals surface area contributed by atoms with Crippen LogP contribution in [0.1, 0.15) is 29.8 Å². The van der Waals surface area contributed by atoms with Crippen molar-refractivity contribution < 1.29 is 5.11 Å². The van der Waals surface area contributed by atoms with Gasteiger partial charge in [-0.05, 0) is 30.4 Å². The monoisotopic (exact) mass is 256 g/mol. The van der Waals surface area contributed by atoms with E-state index in [-0.39, 0.29) is 0 Å². The maximum atomic E-state index is 10.8. The van der Waals surface area contributed by atoms with Gasteiger partial charge in [0.15, 0.2) is 0 Å². The molecule has 1 aliphatic carbocycles. The van der Waals surface area contributed by atoms with Gasteiger partial charge in [0, 0.05) is 32.3 Å². The van der Waals surface area contributed by atoms with Gasteiger partial charge in [-0.25, -0.2) is 4.98 Å². The Bertz CT molecular complexity index is 576. The van der Waals surface area contributed by atoms with Crippen molar-refractivity contribution in [2.24, 2.45) is 7.05 Å². The number of benzene rings is 1. The predicted octanol–water partition coefficient (Wildman–Crippen LogP) is 2.27. The molecule has 0 fully saturated rings. The van der Waals surface area contributed by atoms with Crippen molar-refractivity contribution in [3.8, 4) is 0 Å². The van der Waals surface area contributed by atoms with Gasteiger partial charge in [-0.3, -0.25) is 0 Å². The lowest BCUT2D eigenvalue weighted by molar-refractivity contribution is 0.0176. The lowest BCUT2D eigenvalue weighted by Crippen LogP contribution is -2.36. The molecule has 19 heavy (non-hydrogen) atoms. The van der Waals surface area contributed by atoms with Crippen LogP contribution in [-0.4, -0.2) is 20.3 Å². The predicted molar refractivity (Wildman–Crippen MR) is 74.9 cm³/mol. The van der Waals surface area contributed by atoms with Crippen LogP contribution in [0.25, 0.3) is 0 Å². The van der Waals surface area contributed by atoms with E-state index in [9.17, 15) is 5.11 Å². The Kier molecular flexibility index (Phi) is 3.15. The summed E-state index contributed by atoms with van der Waals surface area (Å²) in [6.45, 7) is 0. The fourth-order valence-electron chi connectivity index (χ4n) is 2.98. The fourth-order valence-corrected chi connectivity index (χ4v) is 2.98. The molecule has 0 saturated carbocycles. The number of imidazole rings is 1. The van der Waals surface area contributed by atoms with E-state index < -0.39 is 5.60 Å². The van der Waals surface area contributed by atoms with E-state index in [2.05, 4.69) is 29.2 Å². The smallest absolute Gasteiger partial charge is 0.108 e. The van der Waals surface area contributed by atoms with Crippen LogP contribution in [0.4, 0.5) is 0 Å². The van der Waals surface area contributed by atoms with Crippen LogP contribution in [0.5, 0.6) is 0 Å². The van der Waals surface area contributed by atoms with Crippen molar-refractivity contribution in [1.29, 1.82) is 0 Å². The minimum absolute atomic E-state index is 0.569. The maximum Gasteiger partial charge on any atom is 0.108 e. The second kappa shape index (κ2) is 4.82. The molecule has 1 aromatic heterocycles. The van der Waals surface area contributed by atoms with Gasteiger partial charge in [0.05, 0.1) is 5.60 Å². The van der Waals surface area contributed by atoms with Crippen molar-refractivity contribution in [3.05, 3.63) is 53.6 Å². The topological polar surface area (TPSA) is 38.0 Å². The summed E-state index contributed by atoms with van der Waals surface area (Å²) >= 11 is 0. The van der Waals surface area contributed by atoms with E-state index in [1.165, 1.54) is 11.1 Å². The van der Waals surface area contributed by atoms with Crippen molar-refractivity contribution in [2.75, 3.05) is 0 Å². The molecule has 1 atom stereocenters. The van der Waals surface area contributed by atoms with Gasteiger partial charge in [-0.15, -0.1) is 0 Å². The average Bonchev–Trinajstić information content (AvgIpc) is 2.82. The zero-order chi connectivity index (χ0) is 13.3. The molecule has 3 nitrogen and oxygen atoms in total. The van der Waals surface area contributed by atoms with Crippen molar-refractivity contribution in [3.63, 3.8) is 0 Å². The van der Waals surface area contributed by atoms with E-state index in [1.807, 2.05) is 24.0 Å². The number of rotatable bonds is 3. The Morgan fingerprint density at radius 2 is 2.11 bits per heavy atom. The Morgan fingerprint density at radius 3 is 2.84 bits per heavy atom. The molecule has 100 valence electrons. The SMILES string of the molecule is Cn1ccnc1CCC1(O)CCc2ccccc2C1. The number of fused-ring (bicyclic) bond motifs is 1. The van der Waals surface area contributed by atoms with Crippen LogP contribution >= 0.6 is 0 Å². The molecule has 0 amide bonds. The zero-order valence-electron chi connectivity index (χ0n) is 11.3. The largest absolute Gasteiger partial charge is 0.390 e. The summed E-state index contributed by atoms with van der Waals surface area (Å²) in [4.78, 5) is 4.33. The van der Waals surface area contributed by atoms with E-state index in [4.69, 9.17) is 0 Å². The van der Waals surface area contributed by atoms with Crippen molar-refractivity contribution in [2.45, 2.75) is 37.7 Å². The highest BCUT2D eigenvalue weighted by Crippen LogP contribution is 2.31. The molecule has 2 aromatic rings. The first kappa shape index (κ1) is 12.4. The Morgan fingerprint density at radius 1 is 1.32 bits per heavy atom. The lowest BCUT2D eigenvalue weighted by atomic mass is 9.78. The van der Waals surface area contributed by atoms with Crippen LogP contribution < -0.4 is 0 Å². The van der Waals surface area contributed by atoms with E-state index in [0.717, 1.165) is 37.9 Å². The number of aromatic nitrogens is 2. The molecule has 1 aliphatic rings. The van der Waals surface area contributed by atoms with E-state index in [1.54, 1.807) is 0 Å². The van der Waals surface area contributed by atoms with Crippen LogP contribution in [0.15, 0.2) is 36.7 Å². The number of nitrogens with zero attached hydrogens (tertiary/aromatic N) is 2. The van der Waals surface area contributed by atoms with Gasteiger partial charge >= 0.3 is 0 Å². The van der Waals surface area contributed by atoms with Crippen molar-refractivity contribution >= 4 is 0 Å². The standard InChI is InChI=1S/C16H20N2O/c1-18-11-10-17-15(18)7-9-16(19)8-6-13-4-2-3-5-14(13)12-16/h2-5,10-11,19H,6-9,12H2,1H3. The van der Waals surface area contributed by atoms with Gasteiger partial charge in [0.25, 0.3) is 0 Å². The van der Waals surface area contributed by atoms with Crippen LogP contribution in [0.2, 0.25) is 0 Å². The summed E-state index contributed by atoms with van der Waals surface area (Å²) in [6.07, 6.45) is 7.99. The molecule has 3 heteroatoms. The number of hydrogen-bond donors (Lipinski definition) is 1. The van der Waals surface area contributed by atoms with Gasteiger partial charge < -0.3 is 9.67 Å². The molecule has 1 aromatic carbocycles. The molecule has 0 radical (unpaired) electrons.